The Kier molecular flexibility index (Phi) is 8.64. The molecule has 8 heteroatoms. The molecule has 0 saturated heterocycles. The van der Waals surface area contributed by atoms with Crippen LogP contribution in [0.4, 0.5) is 5.69 Å². The average Bonchev–Trinajstić information content (AvgIpc) is 2.71. The molecule has 0 bridgehead atoms. The summed E-state index contributed by atoms with van der Waals surface area (Å²) in [6.07, 6.45) is 6.04. The van der Waals surface area contributed by atoms with Crippen LogP contribution in [-0.4, -0.2) is 44.3 Å². The monoisotopic (exact) mass is 424 g/mol. The summed E-state index contributed by atoms with van der Waals surface area (Å²) in [6.45, 7) is 3.66. The maximum atomic E-state index is 12.8. The Morgan fingerprint density at radius 1 is 1.14 bits per heavy atom. The van der Waals surface area contributed by atoms with Crippen molar-refractivity contribution in [3.05, 3.63) is 24.3 Å². The first-order chi connectivity index (χ1) is 13.7. The van der Waals surface area contributed by atoms with E-state index in [1.165, 1.54) is 16.4 Å². The van der Waals surface area contributed by atoms with E-state index in [0.717, 1.165) is 32.1 Å². The number of anilines is 1. The zero-order valence-corrected chi connectivity index (χ0v) is 18.3. The van der Waals surface area contributed by atoms with Gasteiger partial charge in [0.05, 0.1) is 4.90 Å². The Bertz CT molecular complexity index is 784. The van der Waals surface area contributed by atoms with Crippen LogP contribution in [-0.2, 0) is 24.3 Å². The minimum absolute atomic E-state index is 0.0403. The standard InChI is InChI=1S/C21H32N2O5S/c1-16(2)9-14-21(25)28-15-20(24)22-17-10-12-19(13-11-17)29(26,27)23(3)18-7-5-4-6-8-18/h10-13,16,18H,4-9,14-15H2,1-3H3,(H,22,24). The average molecular weight is 425 g/mol. The van der Waals surface area contributed by atoms with Gasteiger partial charge in [0.15, 0.2) is 6.61 Å². The molecule has 1 aromatic carbocycles. The van der Waals surface area contributed by atoms with Gasteiger partial charge in [-0.1, -0.05) is 33.1 Å². The van der Waals surface area contributed by atoms with Crippen molar-refractivity contribution in [1.29, 1.82) is 0 Å². The Hall–Kier alpha value is -1.93. The van der Waals surface area contributed by atoms with Gasteiger partial charge in [0, 0.05) is 25.2 Å². The Balaban J connectivity index is 1.88. The third-order valence-electron chi connectivity index (χ3n) is 5.19. The Labute approximate surface area is 173 Å². The van der Waals surface area contributed by atoms with E-state index in [9.17, 15) is 18.0 Å². The van der Waals surface area contributed by atoms with E-state index in [0.29, 0.717) is 18.0 Å². The molecular weight excluding hydrogens is 392 g/mol. The number of nitrogens with zero attached hydrogens (tertiary/aromatic N) is 1. The summed E-state index contributed by atoms with van der Waals surface area (Å²) in [5.41, 5.74) is 0.451. The molecule has 2 rings (SSSR count). The number of hydrogen-bond donors (Lipinski definition) is 1. The summed E-state index contributed by atoms with van der Waals surface area (Å²) >= 11 is 0. The predicted octanol–water partition coefficient (Wildman–Crippen LogP) is 3.56. The molecule has 1 aromatic rings. The lowest BCUT2D eigenvalue weighted by molar-refractivity contribution is -0.147. The van der Waals surface area contributed by atoms with Gasteiger partial charge in [-0.25, -0.2) is 8.42 Å². The zero-order chi connectivity index (χ0) is 21.4. The highest BCUT2D eigenvalue weighted by atomic mass is 32.2. The second kappa shape index (κ2) is 10.7. The van der Waals surface area contributed by atoms with Crippen LogP contribution < -0.4 is 5.32 Å². The number of ether oxygens (including phenoxy) is 1. The number of benzene rings is 1. The van der Waals surface area contributed by atoms with Crippen LogP contribution in [0.5, 0.6) is 0 Å². The third-order valence-corrected chi connectivity index (χ3v) is 7.12. The van der Waals surface area contributed by atoms with Crippen molar-refractivity contribution in [3.63, 3.8) is 0 Å². The fraction of sp³-hybridized carbons (Fsp3) is 0.619. The van der Waals surface area contributed by atoms with Gasteiger partial charge in [-0.2, -0.15) is 4.31 Å². The van der Waals surface area contributed by atoms with Gasteiger partial charge < -0.3 is 10.1 Å². The molecule has 1 N–H and O–H groups in total. The first kappa shape index (κ1) is 23.3. The van der Waals surface area contributed by atoms with Crippen molar-refractivity contribution in [2.24, 2.45) is 5.92 Å². The zero-order valence-electron chi connectivity index (χ0n) is 17.5. The lowest BCUT2D eigenvalue weighted by Gasteiger charge is -2.30. The number of carbonyl (C=O) groups is 2. The highest BCUT2D eigenvalue weighted by Crippen LogP contribution is 2.27. The summed E-state index contributed by atoms with van der Waals surface area (Å²) in [4.78, 5) is 23.7. The van der Waals surface area contributed by atoms with Gasteiger partial charge in [0.2, 0.25) is 10.0 Å². The normalized spacial score (nSPS) is 15.5. The van der Waals surface area contributed by atoms with Crippen LogP contribution >= 0.6 is 0 Å². The first-order valence-electron chi connectivity index (χ1n) is 10.2. The summed E-state index contributed by atoms with van der Waals surface area (Å²) in [6, 6.07) is 6.09. The van der Waals surface area contributed by atoms with Gasteiger partial charge in [-0.15, -0.1) is 0 Å². The number of hydrogen-bond acceptors (Lipinski definition) is 5. The third kappa shape index (κ3) is 7.12. The first-order valence-corrected chi connectivity index (χ1v) is 11.7. The number of rotatable bonds is 9. The Morgan fingerprint density at radius 2 is 1.76 bits per heavy atom. The van der Waals surface area contributed by atoms with Crippen LogP contribution in [0.3, 0.4) is 0 Å². The minimum atomic E-state index is -3.57. The van der Waals surface area contributed by atoms with Crippen molar-refractivity contribution in [3.8, 4) is 0 Å². The van der Waals surface area contributed by atoms with Crippen LogP contribution in [0, 0.1) is 5.92 Å². The quantitative estimate of drug-likeness (QED) is 0.612. The fourth-order valence-electron chi connectivity index (χ4n) is 3.34. The summed E-state index contributed by atoms with van der Waals surface area (Å²) in [5.74, 6) is -0.470. The second-order valence-corrected chi connectivity index (χ2v) is 9.98. The van der Waals surface area contributed by atoms with Crippen molar-refractivity contribution in [1.82, 2.24) is 4.31 Å². The van der Waals surface area contributed by atoms with Crippen molar-refractivity contribution >= 4 is 27.6 Å². The molecule has 0 heterocycles. The van der Waals surface area contributed by atoms with E-state index in [1.807, 2.05) is 13.8 Å². The van der Waals surface area contributed by atoms with Gasteiger partial charge in [-0.3, -0.25) is 9.59 Å². The minimum Gasteiger partial charge on any atom is -0.456 e. The number of carbonyl (C=O) groups excluding carboxylic acids is 2. The molecule has 0 atom stereocenters. The number of esters is 1. The van der Waals surface area contributed by atoms with Gasteiger partial charge in [0.1, 0.15) is 0 Å². The van der Waals surface area contributed by atoms with E-state index in [1.54, 1.807) is 19.2 Å². The molecule has 29 heavy (non-hydrogen) atoms. The summed E-state index contributed by atoms with van der Waals surface area (Å²) < 4.78 is 32.1. The van der Waals surface area contributed by atoms with E-state index >= 15 is 0 Å². The van der Waals surface area contributed by atoms with E-state index in [-0.39, 0.29) is 24.0 Å². The highest BCUT2D eigenvalue weighted by Gasteiger charge is 2.28. The lowest BCUT2D eigenvalue weighted by Crippen LogP contribution is -2.38. The van der Waals surface area contributed by atoms with Gasteiger partial charge >= 0.3 is 5.97 Å². The molecule has 0 aromatic heterocycles. The predicted molar refractivity (Wildman–Crippen MR) is 112 cm³/mol. The van der Waals surface area contributed by atoms with Crippen molar-refractivity contribution in [2.75, 3.05) is 19.0 Å². The molecule has 0 aliphatic heterocycles. The molecule has 1 fully saturated rings. The maximum Gasteiger partial charge on any atom is 0.306 e. The van der Waals surface area contributed by atoms with Crippen LogP contribution in [0.1, 0.15) is 58.8 Å². The molecule has 0 radical (unpaired) electrons. The summed E-state index contributed by atoms with van der Waals surface area (Å²) in [7, 11) is -1.93. The molecule has 1 aliphatic rings. The van der Waals surface area contributed by atoms with Crippen LogP contribution in [0.2, 0.25) is 0 Å². The van der Waals surface area contributed by atoms with E-state index < -0.39 is 21.9 Å². The van der Waals surface area contributed by atoms with Crippen LogP contribution in [0.15, 0.2) is 29.2 Å². The fourth-order valence-corrected chi connectivity index (χ4v) is 4.76. The maximum absolute atomic E-state index is 12.8. The number of sulfonamides is 1. The molecule has 0 unspecified atom stereocenters. The van der Waals surface area contributed by atoms with Gasteiger partial charge in [-0.05, 0) is 49.4 Å². The molecule has 1 aliphatic carbocycles. The molecule has 0 spiro atoms. The molecule has 162 valence electrons. The topological polar surface area (TPSA) is 92.8 Å². The molecule has 1 saturated carbocycles. The van der Waals surface area contributed by atoms with Crippen molar-refractivity contribution in [2.45, 2.75) is 69.7 Å². The lowest BCUT2D eigenvalue weighted by atomic mass is 9.96. The molecule has 1 amide bonds. The largest absolute Gasteiger partial charge is 0.456 e. The number of nitrogens with one attached hydrogen (secondary N) is 1. The molecule has 7 nitrogen and oxygen atoms in total. The van der Waals surface area contributed by atoms with Crippen LogP contribution in [0.25, 0.3) is 0 Å². The smallest absolute Gasteiger partial charge is 0.306 e. The van der Waals surface area contributed by atoms with E-state index in [4.69, 9.17) is 4.74 Å². The SMILES string of the molecule is CC(C)CCC(=O)OCC(=O)Nc1ccc(S(=O)(=O)N(C)C2CCCCC2)cc1. The second-order valence-electron chi connectivity index (χ2n) is 7.98. The van der Waals surface area contributed by atoms with E-state index in [2.05, 4.69) is 5.32 Å². The number of amides is 1. The summed E-state index contributed by atoms with van der Waals surface area (Å²) in [5, 5.41) is 2.61. The highest BCUT2D eigenvalue weighted by molar-refractivity contribution is 7.89. The Morgan fingerprint density at radius 3 is 2.34 bits per heavy atom. The van der Waals surface area contributed by atoms with Gasteiger partial charge in [0.25, 0.3) is 5.91 Å². The molecular formula is C21H32N2O5S. The van der Waals surface area contributed by atoms with Crippen molar-refractivity contribution < 1.29 is 22.7 Å².